The summed E-state index contributed by atoms with van der Waals surface area (Å²) >= 11 is 0. The smallest absolute Gasteiger partial charge is 0.275 e. The van der Waals surface area contributed by atoms with Gasteiger partial charge in [-0.2, -0.15) is 0 Å². The Bertz CT molecular complexity index is 581. The molecule has 0 amide bonds. The molecule has 0 radical (unpaired) electrons. The molecule has 6 heteroatoms. The Morgan fingerprint density at radius 1 is 1.33 bits per heavy atom. The maximum absolute atomic E-state index is 10.8. The number of aryl methyl sites for hydroxylation is 1. The number of hydrogen-bond donors (Lipinski definition) is 1. The Kier molecular flexibility index (Phi) is 3.18. The highest BCUT2D eigenvalue weighted by Crippen LogP contribution is 2.24. The predicted octanol–water partition coefficient (Wildman–Crippen LogP) is 2.40. The van der Waals surface area contributed by atoms with Crippen LogP contribution >= 0.6 is 0 Å². The minimum Gasteiger partial charge on any atom is -0.373 e. The molecule has 0 aromatic carbocycles. The Balaban J connectivity index is 2.52. The topological polar surface area (TPSA) is 81.0 Å². The quantitative estimate of drug-likeness (QED) is 0.662. The zero-order valence-corrected chi connectivity index (χ0v) is 10.0. The Labute approximate surface area is 104 Å². The van der Waals surface area contributed by atoms with Crippen LogP contribution in [0.25, 0.3) is 11.3 Å². The molecule has 0 fully saturated rings. The van der Waals surface area contributed by atoms with E-state index >= 15 is 0 Å². The van der Waals surface area contributed by atoms with Crippen LogP contribution in [-0.2, 0) is 0 Å². The maximum atomic E-state index is 10.8. The van der Waals surface area contributed by atoms with Crippen molar-refractivity contribution in [1.29, 1.82) is 0 Å². The number of nitrogens with one attached hydrogen (secondary N) is 1. The molecule has 0 saturated heterocycles. The van der Waals surface area contributed by atoms with E-state index in [2.05, 4.69) is 15.3 Å². The SMILES string of the molecule is CNc1cc([N+](=O)[O-])cc(-c2ccc(C)nc2)n1. The van der Waals surface area contributed by atoms with Gasteiger partial charge >= 0.3 is 0 Å². The lowest BCUT2D eigenvalue weighted by Gasteiger charge is -2.04. The van der Waals surface area contributed by atoms with E-state index in [1.54, 1.807) is 13.2 Å². The van der Waals surface area contributed by atoms with Crippen molar-refractivity contribution >= 4 is 11.5 Å². The minimum absolute atomic E-state index is 0.00456. The summed E-state index contributed by atoms with van der Waals surface area (Å²) in [7, 11) is 1.67. The molecule has 18 heavy (non-hydrogen) atoms. The third-order valence-electron chi connectivity index (χ3n) is 2.48. The first-order chi connectivity index (χ1) is 8.60. The molecule has 2 aromatic heterocycles. The fourth-order valence-electron chi connectivity index (χ4n) is 1.52. The number of nitrogens with zero attached hydrogens (tertiary/aromatic N) is 3. The molecule has 2 rings (SSSR count). The largest absolute Gasteiger partial charge is 0.373 e. The van der Waals surface area contributed by atoms with Gasteiger partial charge in [-0.1, -0.05) is 0 Å². The molecular formula is C12H12N4O2. The average molecular weight is 244 g/mol. The summed E-state index contributed by atoms with van der Waals surface area (Å²) in [6.07, 6.45) is 1.65. The van der Waals surface area contributed by atoms with E-state index in [1.165, 1.54) is 12.1 Å². The molecule has 0 aliphatic carbocycles. The van der Waals surface area contributed by atoms with Crippen molar-refractivity contribution in [3.05, 3.63) is 46.3 Å². The monoisotopic (exact) mass is 244 g/mol. The van der Waals surface area contributed by atoms with Crippen LogP contribution in [0.3, 0.4) is 0 Å². The number of hydrogen-bond acceptors (Lipinski definition) is 5. The van der Waals surface area contributed by atoms with Crippen LogP contribution in [0.1, 0.15) is 5.69 Å². The highest BCUT2D eigenvalue weighted by molar-refractivity contribution is 5.64. The van der Waals surface area contributed by atoms with Crippen molar-refractivity contribution < 1.29 is 4.92 Å². The van der Waals surface area contributed by atoms with Gasteiger partial charge in [-0.3, -0.25) is 15.1 Å². The van der Waals surface area contributed by atoms with E-state index in [4.69, 9.17) is 0 Å². The zero-order valence-electron chi connectivity index (χ0n) is 10.0. The molecule has 2 aromatic rings. The summed E-state index contributed by atoms with van der Waals surface area (Å²) in [5.74, 6) is 0.458. The maximum Gasteiger partial charge on any atom is 0.275 e. The van der Waals surface area contributed by atoms with Crippen LogP contribution in [0.15, 0.2) is 30.5 Å². The van der Waals surface area contributed by atoms with Gasteiger partial charge < -0.3 is 5.32 Å². The number of aromatic nitrogens is 2. The third kappa shape index (κ3) is 2.42. The molecule has 0 spiro atoms. The lowest BCUT2D eigenvalue weighted by atomic mass is 10.1. The van der Waals surface area contributed by atoms with E-state index in [0.29, 0.717) is 11.5 Å². The highest BCUT2D eigenvalue weighted by Gasteiger charge is 2.11. The molecule has 92 valence electrons. The van der Waals surface area contributed by atoms with E-state index in [1.807, 2.05) is 19.1 Å². The van der Waals surface area contributed by atoms with Crippen LogP contribution in [0.4, 0.5) is 11.5 Å². The van der Waals surface area contributed by atoms with Crippen LogP contribution in [-0.4, -0.2) is 21.9 Å². The van der Waals surface area contributed by atoms with E-state index in [0.717, 1.165) is 11.3 Å². The van der Waals surface area contributed by atoms with Gasteiger partial charge in [0.2, 0.25) is 0 Å². The van der Waals surface area contributed by atoms with Crippen LogP contribution in [0.2, 0.25) is 0 Å². The molecule has 0 saturated carbocycles. The average Bonchev–Trinajstić information content (AvgIpc) is 2.39. The van der Waals surface area contributed by atoms with Gasteiger partial charge in [-0.05, 0) is 19.1 Å². The number of anilines is 1. The first-order valence-corrected chi connectivity index (χ1v) is 5.37. The molecule has 0 aliphatic rings. The fourth-order valence-corrected chi connectivity index (χ4v) is 1.52. The molecule has 0 unspecified atom stereocenters. The summed E-state index contributed by atoms with van der Waals surface area (Å²) in [6.45, 7) is 1.88. The van der Waals surface area contributed by atoms with E-state index < -0.39 is 4.92 Å². The molecule has 6 nitrogen and oxygen atoms in total. The second kappa shape index (κ2) is 4.79. The Morgan fingerprint density at radius 2 is 2.11 bits per heavy atom. The van der Waals surface area contributed by atoms with Crippen LogP contribution in [0.5, 0.6) is 0 Å². The van der Waals surface area contributed by atoms with Crippen molar-refractivity contribution in [2.75, 3.05) is 12.4 Å². The first-order valence-electron chi connectivity index (χ1n) is 5.37. The minimum atomic E-state index is -0.437. The van der Waals surface area contributed by atoms with Crippen LogP contribution in [0, 0.1) is 17.0 Å². The summed E-state index contributed by atoms with van der Waals surface area (Å²) in [4.78, 5) is 18.8. The van der Waals surface area contributed by atoms with Gasteiger partial charge in [0, 0.05) is 30.6 Å². The molecular weight excluding hydrogens is 232 g/mol. The first kappa shape index (κ1) is 12.0. The van der Waals surface area contributed by atoms with E-state index in [9.17, 15) is 10.1 Å². The number of nitro groups is 1. The summed E-state index contributed by atoms with van der Waals surface area (Å²) in [5, 5.41) is 13.6. The third-order valence-corrected chi connectivity index (χ3v) is 2.48. The van der Waals surface area contributed by atoms with Crippen molar-refractivity contribution in [3.63, 3.8) is 0 Å². The Morgan fingerprint density at radius 3 is 2.67 bits per heavy atom. The summed E-state index contributed by atoms with van der Waals surface area (Å²) in [5.41, 5.74) is 2.17. The standard InChI is InChI=1S/C12H12N4O2/c1-8-3-4-9(7-14-8)11-5-10(16(17)18)6-12(13-2)15-11/h3-7H,1-2H3,(H,13,15). The van der Waals surface area contributed by atoms with Gasteiger partial charge in [-0.15, -0.1) is 0 Å². The second-order valence-electron chi connectivity index (χ2n) is 3.79. The van der Waals surface area contributed by atoms with Crippen molar-refractivity contribution in [2.24, 2.45) is 0 Å². The van der Waals surface area contributed by atoms with Crippen molar-refractivity contribution in [2.45, 2.75) is 6.92 Å². The zero-order chi connectivity index (χ0) is 13.1. The molecule has 0 bridgehead atoms. The lowest BCUT2D eigenvalue weighted by molar-refractivity contribution is -0.384. The van der Waals surface area contributed by atoms with Gasteiger partial charge in [-0.25, -0.2) is 4.98 Å². The van der Waals surface area contributed by atoms with Crippen molar-refractivity contribution in [3.8, 4) is 11.3 Å². The van der Waals surface area contributed by atoms with Gasteiger partial charge in [0.1, 0.15) is 5.82 Å². The van der Waals surface area contributed by atoms with E-state index in [-0.39, 0.29) is 5.69 Å². The van der Waals surface area contributed by atoms with Gasteiger partial charge in [0.25, 0.3) is 5.69 Å². The predicted molar refractivity (Wildman–Crippen MR) is 68.4 cm³/mol. The van der Waals surface area contributed by atoms with Gasteiger partial charge in [0.05, 0.1) is 16.7 Å². The second-order valence-corrected chi connectivity index (χ2v) is 3.79. The lowest BCUT2D eigenvalue weighted by Crippen LogP contribution is -1.97. The number of rotatable bonds is 3. The number of pyridine rings is 2. The fraction of sp³-hybridized carbons (Fsp3) is 0.167. The van der Waals surface area contributed by atoms with Crippen LogP contribution < -0.4 is 5.32 Å². The highest BCUT2D eigenvalue weighted by atomic mass is 16.6. The summed E-state index contributed by atoms with van der Waals surface area (Å²) in [6, 6.07) is 6.51. The van der Waals surface area contributed by atoms with Crippen molar-refractivity contribution in [1.82, 2.24) is 9.97 Å². The Hall–Kier alpha value is -2.50. The normalized spacial score (nSPS) is 10.1. The molecule has 0 atom stereocenters. The van der Waals surface area contributed by atoms with Gasteiger partial charge in [0.15, 0.2) is 0 Å². The molecule has 2 heterocycles. The molecule has 1 N–H and O–H groups in total. The molecule has 0 aliphatic heterocycles. The summed E-state index contributed by atoms with van der Waals surface area (Å²) < 4.78 is 0.